The van der Waals surface area contributed by atoms with E-state index in [9.17, 15) is 14.4 Å². The summed E-state index contributed by atoms with van der Waals surface area (Å²) in [6.45, 7) is -0.369. The molecule has 1 aromatic heterocycles. The van der Waals surface area contributed by atoms with Crippen LogP contribution in [0.15, 0.2) is 52.0 Å². The first-order valence-corrected chi connectivity index (χ1v) is 9.03. The van der Waals surface area contributed by atoms with E-state index in [4.69, 9.17) is 20.8 Å². The van der Waals surface area contributed by atoms with Gasteiger partial charge in [-0.15, -0.1) is 11.8 Å². The van der Waals surface area contributed by atoms with Gasteiger partial charge in [-0.25, -0.2) is 4.79 Å². The Morgan fingerprint density at radius 2 is 1.92 bits per heavy atom. The van der Waals surface area contributed by atoms with Crippen LogP contribution in [0.4, 0.5) is 4.79 Å². The van der Waals surface area contributed by atoms with Gasteiger partial charge in [0.1, 0.15) is 5.76 Å². The van der Waals surface area contributed by atoms with Gasteiger partial charge in [0.25, 0.3) is 5.91 Å². The van der Waals surface area contributed by atoms with E-state index < -0.39 is 24.5 Å². The monoisotopic (exact) mass is 396 g/mol. The van der Waals surface area contributed by atoms with Gasteiger partial charge < -0.3 is 14.5 Å². The average molecular weight is 397 g/mol. The number of benzene rings is 1. The number of carbonyl (C=O) groups is 3. The molecule has 0 saturated carbocycles. The number of ether oxygens (including phenoxy) is 1. The molecule has 3 amide bonds. The van der Waals surface area contributed by atoms with Crippen LogP contribution in [0.1, 0.15) is 12.2 Å². The third-order valence-corrected chi connectivity index (χ3v) is 4.27. The summed E-state index contributed by atoms with van der Waals surface area (Å²) >= 11 is 7.27. The maximum absolute atomic E-state index is 11.6. The summed E-state index contributed by atoms with van der Waals surface area (Å²) in [6.07, 6.45) is 1.62. The zero-order chi connectivity index (χ0) is 18.8. The standard InChI is InChI=1S/C17H17ClN2O5S/c18-12-3-5-14(6-4-12)26-9-7-16(22)25-11-15(21)20-17(23)19-10-13-2-1-8-24-13/h1-6,8H,7,9-11H2,(H2,19,20,21,23). The lowest BCUT2D eigenvalue weighted by Crippen LogP contribution is -2.41. The Bertz CT molecular complexity index is 734. The first-order valence-electron chi connectivity index (χ1n) is 7.67. The Morgan fingerprint density at radius 1 is 1.15 bits per heavy atom. The Labute approximate surface area is 159 Å². The number of urea groups is 1. The van der Waals surface area contributed by atoms with Gasteiger partial charge in [-0.05, 0) is 36.4 Å². The fourth-order valence-corrected chi connectivity index (χ4v) is 2.75. The number of thioether (sulfide) groups is 1. The highest BCUT2D eigenvalue weighted by Crippen LogP contribution is 2.20. The molecule has 0 unspecified atom stereocenters. The van der Waals surface area contributed by atoms with Crippen molar-refractivity contribution < 1.29 is 23.5 Å². The second-order valence-electron chi connectivity index (χ2n) is 5.02. The van der Waals surface area contributed by atoms with Crippen LogP contribution in [-0.4, -0.2) is 30.3 Å². The second kappa shape index (κ2) is 10.5. The molecular formula is C17H17ClN2O5S. The van der Waals surface area contributed by atoms with E-state index in [0.29, 0.717) is 16.5 Å². The molecule has 138 valence electrons. The minimum Gasteiger partial charge on any atom is -0.467 e. The Morgan fingerprint density at radius 3 is 2.62 bits per heavy atom. The summed E-state index contributed by atoms with van der Waals surface area (Å²) in [5.74, 6) is -0.165. The predicted molar refractivity (Wildman–Crippen MR) is 96.8 cm³/mol. The molecule has 0 bridgehead atoms. The van der Waals surface area contributed by atoms with Gasteiger partial charge in [-0.2, -0.15) is 0 Å². The molecule has 0 spiro atoms. The van der Waals surface area contributed by atoms with Crippen molar-refractivity contribution in [3.63, 3.8) is 0 Å². The van der Waals surface area contributed by atoms with Crippen LogP contribution in [0.5, 0.6) is 0 Å². The highest BCUT2D eigenvalue weighted by Gasteiger charge is 2.11. The molecule has 0 aliphatic carbocycles. The Kier molecular flexibility index (Phi) is 8.04. The SMILES string of the molecule is O=C(COC(=O)CCSc1ccc(Cl)cc1)NC(=O)NCc1ccco1. The third kappa shape index (κ3) is 7.62. The third-order valence-electron chi connectivity index (χ3n) is 3.01. The fraction of sp³-hybridized carbons (Fsp3) is 0.235. The van der Waals surface area contributed by atoms with Crippen molar-refractivity contribution in [3.05, 3.63) is 53.4 Å². The van der Waals surface area contributed by atoms with Gasteiger partial charge in [-0.1, -0.05) is 11.6 Å². The van der Waals surface area contributed by atoms with Crippen molar-refractivity contribution in [2.75, 3.05) is 12.4 Å². The van der Waals surface area contributed by atoms with Gasteiger partial charge in [-0.3, -0.25) is 14.9 Å². The summed E-state index contributed by atoms with van der Waals surface area (Å²) in [5, 5.41) is 5.15. The largest absolute Gasteiger partial charge is 0.467 e. The van der Waals surface area contributed by atoms with E-state index >= 15 is 0 Å². The number of nitrogens with one attached hydrogen (secondary N) is 2. The van der Waals surface area contributed by atoms with E-state index in [-0.39, 0.29) is 13.0 Å². The minimum absolute atomic E-state index is 0.144. The molecule has 0 radical (unpaired) electrons. The van der Waals surface area contributed by atoms with Gasteiger partial charge in [0.15, 0.2) is 6.61 Å². The maximum Gasteiger partial charge on any atom is 0.321 e. The lowest BCUT2D eigenvalue weighted by Gasteiger charge is -2.07. The summed E-state index contributed by atoms with van der Waals surface area (Å²) in [6, 6.07) is 9.92. The molecule has 0 fully saturated rings. The number of hydrogen-bond donors (Lipinski definition) is 2. The van der Waals surface area contributed by atoms with Crippen molar-refractivity contribution in [2.45, 2.75) is 17.9 Å². The number of amides is 3. The maximum atomic E-state index is 11.6. The Balaban J connectivity index is 1.56. The van der Waals surface area contributed by atoms with Crippen LogP contribution >= 0.6 is 23.4 Å². The number of hydrogen-bond acceptors (Lipinski definition) is 6. The van der Waals surface area contributed by atoms with Crippen molar-refractivity contribution in [3.8, 4) is 0 Å². The van der Waals surface area contributed by atoms with Crippen molar-refractivity contribution in [2.24, 2.45) is 0 Å². The molecule has 0 aliphatic rings. The number of carbonyl (C=O) groups excluding carboxylic acids is 3. The smallest absolute Gasteiger partial charge is 0.321 e. The van der Waals surface area contributed by atoms with Gasteiger partial charge >= 0.3 is 12.0 Å². The van der Waals surface area contributed by atoms with E-state index in [1.54, 1.807) is 24.3 Å². The topological polar surface area (TPSA) is 97.6 Å². The molecular weight excluding hydrogens is 380 g/mol. The molecule has 2 rings (SSSR count). The van der Waals surface area contributed by atoms with Crippen LogP contribution in [0, 0.1) is 0 Å². The zero-order valence-electron chi connectivity index (χ0n) is 13.7. The van der Waals surface area contributed by atoms with E-state index in [1.807, 2.05) is 12.1 Å². The lowest BCUT2D eigenvalue weighted by atomic mass is 10.4. The molecule has 0 aliphatic heterocycles. The number of furan rings is 1. The summed E-state index contributed by atoms with van der Waals surface area (Å²) < 4.78 is 9.87. The molecule has 1 aromatic carbocycles. The first kappa shape index (κ1) is 19.9. The van der Waals surface area contributed by atoms with Crippen molar-refractivity contribution >= 4 is 41.3 Å². The molecule has 2 N–H and O–H groups in total. The molecule has 1 heterocycles. The summed E-state index contributed by atoms with van der Waals surface area (Å²) in [5.41, 5.74) is 0. The van der Waals surface area contributed by atoms with Crippen LogP contribution < -0.4 is 10.6 Å². The van der Waals surface area contributed by atoms with Gasteiger partial charge in [0, 0.05) is 15.7 Å². The molecule has 0 saturated heterocycles. The van der Waals surface area contributed by atoms with Crippen molar-refractivity contribution in [1.29, 1.82) is 0 Å². The minimum atomic E-state index is -0.708. The summed E-state index contributed by atoms with van der Waals surface area (Å²) in [4.78, 5) is 35.7. The summed E-state index contributed by atoms with van der Waals surface area (Å²) in [7, 11) is 0. The van der Waals surface area contributed by atoms with Crippen LogP contribution in [0.3, 0.4) is 0 Å². The van der Waals surface area contributed by atoms with Crippen molar-refractivity contribution in [1.82, 2.24) is 10.6 Å². The fourth-order valence-electron chi connectivity index (χ4n) is 1.79. The normalized spacial score (nSPS) is 10.2. The van der Waals surface area contributed by atoms with Crippen LogP contribution in [-0.2, 0) is 20.9 Å². The number of imide groups is 1. The predicted octanol–water partition coefficient (Wildman–Crippen LogP) is 2.98. The lowest BCUT2D eigenvalue weighted by molar-refractivity contribution is -0.147. The average Bonchev–Trinajstić information content (AvgIpc) is 3.13. The van der Waals surface area contributed by atoms with E-state index in [1.165, 1.54) is 18.0 Å². The quantitative estimate of drug-likeness (QED) is 0.526. The number of esters is 1. The Hall–Kier alpha value is -2.45. The highest BCUT2D eigenvalue weighted by molar-refractivity contribution is 7.99. The van der Waals surface area contributed by atoms with Gasteiger partial charge in [0.2, 0.25) is 0 Å². The van der Waals surface area contributed by atoms with E-state index in [0.717, 1.165) is 4.90 Å². The molecule has 0 atom stereocenters. The number of rotatable bonds is 8. The van der Waals surface area contributed by atoms with Gasteiger partial charge in [0.05, 0.1) is 19.2 Å². The van der Waals surface area contributed by atoms with E-state index in [2.05, 4.69) is 10.6 Å². The first-order chi connectivity index (χ1) is 12.5. The number of halogens is 1. The van der Waals surface area contributed by atoms with Crippen LogP contribution in [0.2, 0.25) is 5.02 Å². The molecule has 26 heavy (non-hydrogen) atoms. The molecule has 7 nitrogen and oxygen atoms in total. The van der Waals surface area contributed by atoms with Crippen LogP contribution in [0.25, 0.3) is 0 Å². The highest BCUT2D eigenvalue weighted by atomic mass is 35.5. The molecule has 2 aromatic rings. The second-order valence-corrected chi connectivity index (χ2v) is 6.63. The zero-order valence-corrected chi connectivity index (χ0v) is 15.3. The molecule has 9 heteroatoms.